The summed E-state index contributed by atoms with van der Waals surface area (Å²) in [6.45, 7) is 8.41. The molecule has 1 aliphatic heterocycles. The van der Waals surface area contributed by atoms with Crippen molar-refractivity contribution in [2.75, 3.05) is 19.7 Å². The Kier molecular flexibility index (Phi) is 7.25. The van der Waals surface area contributed by atoms with Gasteiger partial charge in [0.15, 0.2) is 0 Å². The second kappa shape index (κ2) is 10.3. The van der Waals surface area contributed by atoms with Crippen molar-refractivity contribution >= 4 is 17.5 Å². The molecule has 2 aromatic carbocycles. The SMILES string of the molecule is Cc1nn(Cc2ccccc2)c(Cl)c1C(=O)NCc1cccc(CN2CCO[C@H](C)C2)c1. The Morgan fingerprint density at radius 3 is 2.66 bits per heavy atom. The number of morpholine rings is 1. The van der Waals surface area contributed by atoms with E-state index < -0.39 is 0 Å². The normalized spacial score (nSPS) is 16.8. The van der Waals surface area contributed by atoms with Crippen LogP contribution in [0.4, 0.5) is 0 Å². The van der Waals surface area contributed by atoms with Crippen molar-refractivity contribution in [3.63, 3.8) is 0 Å². The molecule has 0 spiro atoms. The third-order valence-corrected chi connectivity index (χ3v) is 6.03. The van der Waals surface area contributed by atoms with E-state index in [0.717, 1.165) is 37.4 Å². The van der Waals surface area contributed by atoms with Crippen LogP contribution in [0.3, 0.4) is 0 Å². The lowest BCUT2D eigenvalue weighted by Crippen LogP contribution is -2.40. The molecule has 4 rings (SSSR count). The molecule has 1 N–H and O–H groups in total. The molecule has 0 radical (unpaired) electrons. The molecule has 1 atom stereocenters. The average Bonchev–Trinajstić information content (AvgIpc) is 3.06. The fraction of sp³-hybridized carbons (Fsp3) is 0.360. The zero-order chi connectivity index (χ0) is 22.5. The van der Waals surface area contributed by atoms with Gasteiger partial charge in [0.25, 0.3) is 5.91 Å². The molecule has 3 aromatic rings. The van der Waals surface area contributed by atoms with Gasteiger partial charge in [0.2, 0.25) is 0 Å². The van der Waals surface area contributed by atoms with Gasteiger partial charge >= 0.3 is 0 Å². The van der Waals surface area contributed by atoms with Crippen LogP contribution in [0, 0.1) is 6.92 Å². The number of rotatable bonds is 7. The highest BCUT2D eigenvalue weighted by Crippen LogP contribution is 2.21. The predicted molar refractivity (Wildman–Crippen MR) is 126 cm³/mol. The minimum atomic E-state index is -0.209. The summed E-state index contributed by atoms with van der Waals surface area (Å²) in [6.07, 6.45) is 0.266. The second-order valence-corrected chi connectivity index (χ2v) is 8.67. The zero-order valence-corrected chi connectivity index (χ0v) is 19.3. The summed E-state index contributed by atoms with van der Waals surface area (Å²) in [7, 11) is 0. The lowest BCUT2D eigenvalue weighted by molar-refractivity contribution is -0.0212. The molecule has 0 bridgehead atoms. The molecule has 0 saturated carbocycles. The number of aromatic nitrogens is 2. The van der Waals surface area contributed by atoms with Crippen LogP contribution in [0.15, 0.2) is 54.6 Å². The van der Waals surface area contributed by atoms with Gasteiger partial charge in [-0.2, -0.15) is 5.10 Å². The number of ether oxygens (including phenoxy) is 1. The predicted octanol–water partition coefficient (Wildman–Crippen LogP) is 4.04. The fourth-order valence-corrected chi connectivity index (χ4v) is 4.39. The number of nitrogens with zero attached hydrogens (tertiary/aromatic N) is 3. The van der Waals surface area contributed by atoms with Gasteiger partial charge in [0.1, 0.15) is 5.15 Å². The van der Waals surface area contributed by atoms with Gasteiger partial charge in [-0.1, -0.05) is 66.2 Å². The fourth-order valence-electron chi connectivity index (χ4n) is 4.07. The molecule has 6 nitrogen and oxygen atoms in total. The maximum Gasteiger partial charge on any atom is 0.256 e. The Morgan fingerprint density at radius 2 is 1.88 bits per heavy atom. The van der Waals surface area contributed by atoms with Crippen molar-refractivity contribution in [1.29, 1.82) is 0 Å². The van der Waals surface area contributed by atoms with E-state index in [-0.39, 0.29) is 12.0 Å². The van der Waals surface area contributed by atoms with Crippen molar-refractivity contribution in [2.24, 2.45) is 0 Å². The number of amides is 1. The first-order chi connectivity index (χ1) is 15.5. The maximum atomic E-state index is 12.9. The quantitative estimate of drug-likeness (QED) is 0.587. The topological polar surface area (TPSA) is 59.4 Å². The number of aryl methyl sites for hydroxylation is 1. The van der Waals surface area contributed by atoms with Crippen LogP contribution in [0.25, 0.3) is 0 Å². The summed E-state index contributed by atoms with van der Waals surface area (Å²) in [6, 6.07) is 18.3. The van der Waals surface area contributed by atoms with E-state index in [1.165, 1.54) is 5.56 Å². The zero-order valence-electron chi connectivity index (χ0n) is 18.6. The molecule has 1 fully saturated rings. The third kappa shape index (κ3) is 5.57. The Balaban J connectivity index is 1.38. The van der Waals surface area contributed by atoms with E-state index in [1.54, 1.807) is 4.68 Å². The van der Waals surface area contributed by atoms with Crippen molar-refractivity contribution < 1.29 is 9.53 Å². The van der Waals surface area contributed by atoms with E-state index in [2.05, 4.69) is 34.4 Å². The second-order valence-electron chi connectivity index (χ2n) is 8.31. The highest BCUT2D eigenvalue weighted by atomic mass is 35.5. The van der Waals surface area contributed by atoms with E-state index in [1.807, 2.05) is 49.4 Å². The molecular weight excluding hydrogens is 424 g/mol. The lowest BCUT2D eigenvalue weighted by Gasteiger charge is -2.31. The van der Waals surface area contributed by atoms with Gasteiger partial charge in [0.05, 0.1) is 30.5 Å². The number of benzene rings is 2. The Morgan fingerprint density at radius 1 is 1.12 bits per heavy atom. The first kappa shape index (κ1) is 22.5. The summed E-state index contributed by atoms with van der Waals surface area (Å²) < 4.78 is 7.30. The number of nitrogens with one attached hydrogen (secondary N) is 1. The number of hydrogen-bond acceptors (Lipinski definition) is 4. The van der Waals surface area contributed by atoms with Gasteiger partial charge in [-0.15, -0.1) is 0 Å². The first-order valence-corrected chi connectivity index (χ1v) is 11.3. The molecule has 32 heavy (non-hydrogen) atoms. The smallest absolute Gasteiger partial charge is 0.256 e. The molecule has 1 amide bonds. The molecule has 1 aliphatic rings. The van der Waals surface area contributed by atoms with Gasteiger partial charge in [0, 0.05) is 26.2 Å². The maximum absolute atomic E-state index is 12.9. The highest BCUT2D eigenvalue weighted by Gasteiger charge is 2.20. The van der Waals surface area contributed by atoms with Gasteiger partial charge in [-0.3, -0.25) is 9.69 Å². The van der Waals surface area contributed by atoms with Crippen LogP contribution < -0.4 is 5.32 Å². The molecule has 7 heteroatoms. The Hall–Kier alpha value is -2.67. The Labute approximate surface area is 194 Å². The average molecular weight is 453 g/mol. The molecule has 2 heterocycles. The van der Waals surface area contributed by atoms with Crippen LogP contribution in [0.2, 0.25) is 5.15 Å². The largest absolute Gasteiger partial charge is 0.376 e. The van der Waals surface area contributed by atoms with Crippen molar-refractivity contribution in [3.05, 3.63) is 87.7 Å². The number of carbonyl (C=O) groups excluding carboxylic acids is 1. The summed E-state index contributed by atoms with van der Waals surface area (Å²) in [5, 5.41) is 7.84. The molecule has 0 unspecified atom stereocenters. The van der Waals surface area contributed by atoms with Crippen LogP contribution >= 0.6 is 11.6 Å². The molecule has 0 aliphatic carbocycles. The summed E-state index contributed by atoms with van der Waals surface area (Å²) in [5.74, 6) is -0.209. The molecule has 168 valence electrons. The van der Waals surface area contributed by atoms with Crippen molar-refractivity contribution in [2.45, 2.75) is 39.6 Å². The van der Waals surface area contributed by atoms with Gasteiger partial charge in [-0.25, -0.2) is 4.68 Å². The minimum absolute atomic E-state index is 0.209. The summed E-state index contributed by atoms with van der Waals surface area (Å²) >= 11 is 6.53. The number of halogens is 1. The van der Waals surface area contributed by atoms with E-state index in [9.17, 15) is 4.79 Å². The standard InChI is InChI=1S/C25H29ClN4O2/c1-18-15-29(11-12-32-18)16-22-10-6-9-21(13-22)14-27-25(31)23-19(2)28-30(24(23)26)17-20-7-4-3-5-8-20/h3-10,13,18H,11-12,14-17H2,1-2H3,(H,27,31)/t18-/m1/s1. The first-order valence-electron chi connectivity index (χ1n) is 11.0. The Bertz CT molecular complexity index is 1070. The minimum Gasteiger partial charge on any atom is -0.376 e. The summed E-state index contributed by atoms with van der Waals surface area (Å²) in [4.78, 5) is 15.3. The van der Waals surface area contributed by atoms with Crippen molar-refractivity contribution in [3.8, 4) is 0 Å². The van der Waals surface area contributed by atoms with E-state index in [0.29, 0.717) is 29.5 Å². The molecule has 1 saturated heterocycles. The number of hydrogen-bond donors (Lipinski definition) is 1. The third-order valence-electron chi connectivity index (χ3n) is 5.64. The van der Waals surface area contributed by atoms with Gasteiger partial charge < -0.3 is 10.1 Å². The van der Waals surface area contributed by atoms with Gasteiger partial charge in [-0.05, 0) is 30.5 Å². The monoisotopic (exact) mass is 452 g/mol. The highest BCUT2D eigenvalue weighted by molar-refractivity contribution is 6.33. The van der Waals surface area contributed by atoms with Crippen LogP contribution in [-0.2, 0) is 24.4 Å². The van der Waals surface area contributed by atoms with Crippen molar-refractivity contribution in [1.82, 2.24) is 20.0 Å². The molecular formula is C25H29ClN4O2. The van der Waals surface area contributed by atoms with Crippen LogP contribution in [0.1, 0.15) is 39.7 Å². The van der Waals surface area contributed by atoms with E-state index >= 15 is 0 Å². The van der Waals surface area contributed by atoms with Crippen LogP contribution in [0.5, 0.6) is 0 Å². The van der Waals surface area contributed by atoms with E-state index in [4.69, 9.17) is 16.3 Å². The lowest BCUT2D eigenvalue weighted by atomic mass is 10.1. The molecule has 1 aromatic heterocycles. The van der Waals surface area contributed by atoms with Crippen LogP contribution in [-0.4, -0.2) is 46.4 Å². The summed E-state index contributed by atoms with van der Waals surface area (Å²) in [5.41, 5.74) is 4.42. The number of carbonyl (C=O) groups is 1.